The van der Waals surface area contributed by atoms with Gasteiger partial charge in [0.15, 0.2) is 23.0 Å². The quantitative estimate of drug-likeness (QED) is 0.756. The van der Waals surface area contributed by atoms with Crippen molar-refractivity contribution in [2.24, 2.45) is 5.92 Å². The van der Waals surface area contributed by atoms with Gasteiger partial charge in [-0.15, -0.1) is 5.06 Å². The van der Waals surface area contributed by atoms with E-state index in [0.29, 0.717) is 36.7 Å². The summed E-state index contributed by atoms with van der Waals surface area (Å²) in [6.07, 6.45) is 0.806. The van der Waals surface area contributed by atoms with Crippen LogP contribution in [0.15, 0.2) is 48.5 Å². The molecule has 1 N–H and O–H groups in total. The highest BCUT2D eigenvalue weighted by Crippen LogP contribution is 2.56. The number of carbonyl (C=O) groups excluding carboxylic acids is 2. The number of carbonyl (C=O) groups is 2. The van der Waals surface area contributed by atoms with Crippen molar-refractivity contribution in [3.63, 3.8) is 0 Å². The zero-order chi connectivity index (χ0) is 22.6. The van der Waals surface area contributed by atoms with Gasteiger partial charge in [-0.05, 0) is 29.8 Å². The molecule has 2 aromatic rings. The predicted molar refractivity (Wildman–Crippen MR) is 111 cm³/mol. The van der Waals surface area contributed by atoms with Crippen LogP contribution in [0.25, 0.3) is 0 Å². The fraction of sp³-hybridized carbons (Fsp3) is 0.417. The van der Waals surface area contributed by atoms with Crippen molar-refractivity contribution in [3.8, 4) is 11.5 Å². The highest BCUT2D eigenvalue weighted by molar-refractivity contribution is 5.92. The van der Waals surface area contributed by atoms with Gasteiger partial charge in [0.2, 0.25) is 6.79 Å². The summed E-state index contributed by atoms with van der Waals surface area (Å²) in [5.41, 5.74) is -0.768. The topological polar surface area (TPSA) is 104 Å². The predicted octanol–water partition coefficient (Wildman–Crippen LogP) is 2.34. The minimum atomic E-state index is -1.69. The number of hydrogen-bond donors (Lipinski definition) is 1. The lowest BCUT2D eigenvalue weighted by molar-refractivity contribution is -0.288. The summed E-state index contributed by atoms with van der Waals surface area (Å²) in [6.45, 7) is 1.03. The monoisotopic (exact) mass is 453 g/mol. The lowest BCUT2D eigenvalue weighted by Crippen LogP contribution is -2.56. The van der Waals surface area contributed by atoms with Crippen molar-refractivity contribution in [3.05, 3.63) is 59.7 Å². The fourth-order valence-electron chi connectivity index (χ4n) is 5.36. The molecule has 1 aliphatic carbocycles. The van der Waals surface area contributed by atoms with Crippen molar-refractivity contribution in [1.29, 1.82) is 0 Å². The maximum Gasteiger partial charge on any atom is 0.363 e. The van der Waals surface area contributed by atoms with Crippen molar-refractivity contribution in [1.82, 2.24) is 5.06 Å². The first-order chi connectivity index (χ1) is 16.0. The first kappa shape index (κ1) is 20.5. The van der Waals surface area contributed by atoms with Crippen LogP contribution in [-0.2, 0) is 19.1 Å². The molecule has 1 spiro atoms. The number of amides is 1. The van der Waals surface area contributed by atoms with Gasteiger partial charge in [-0.3, -0.25) is 4.79 Å². The molecule has 9 nitrogen and oxygen atoms in total. The van der Waals surface area contributed by atoms with Crippen molar-refractivity contribution < 1.29 is 38.5 Å². The van der Waals surface area contributed by atoms with E-state index in [2.05, 4.69) is 0 Å². The molecule has 3 aliphatic heterocycles. The van der Waals surface area contributed by atoms with Gasteiger partial charge in [0.05, 0.1) is 24.7 Å². The Morgan fingerprint density at radius 1 is 1.03 bits per heavy atom. The lowest BCUT2D eigenvalue weighted by atomic mass is 9.72. The van der Waals surface area contributed by atoms with Crippen LogP contribution in [0.2, 0.25) is 0 Å². The molecule has 0 aromatic heterocycles. The summed E-state index contributed by atoms with van der Waals surface area (Å²) in [6, 6.07) is 13.6. The molecule has 3 atom stereocenters. The molecular weight excluding hydrogens is 430 g/mol. The first-order valence-electron chi connectivity index (χ1n) is 11.0. The summed E-state index contributed by atoms with van der Waals surface area (Å²) in [7, 11) is 0. The Bertz CT molecular complexity index is 1100. The van der Waals surface area contributed by atoms with Crippen LogP contribution in [0.1, 0.15) is 41.1 Å². The number of nitrogens with zero attached hydrogens (tertiary/aromatic N) is 1. The van der Waals surface area contributed by atoms with Crippen LogP contribution >= 0.6 is 0 Å². The molecule has 2 saturated heterocycles. The third kappa shape index (κ3) is 3.18. The van der Waals surface area contributed by atoms with Gasteiger partial charge in [0.25, 0.3) is 5.91 Å². The van der Waals surface area contributed by atoms with Gasteiger partial charge in [-0.25, -0.2) is 4.79 Å². The van der Waals surface area contributed by atoms with E-state index in [0.717, 1.165) is 5.06 Å². The molecule has 3 heterocycles. The number of fused-ring (bicyclic) bond motifs is 2. The number of aliphatic hydroxyl groups is 1. The maximum absolute atomic E-state index is 13.7. The van der Waals surface area contributed by atoms with E-state index in [1.165, 1.54) is 0 Å². The van der Waals surface area contributed by atoms with Gasteiger partial charge < -0.3 is 28.9 Å². The van der Waals surface area contributed by atoms with Gasteiger partial charge in [0, 0.05) is 25.2 Å². The van der Waals surface area contributed by atoms with Crippen molar-refractivity contribution in [2.75, 3.05) is 20.0 Å². The van der Waals surface area contributed by atoms with E-state index in [1.807, 2.05) is 0 Å². The molecule has 1 amide bonds. The molecule has 3 fully saturated rings. The number of benzene rings is 2. The number of hydroxylamine groups is 2. The molecule has 0 unspecified atom stereocenters. The molecule has 4 aliphatic rings. The average molecular weight is 453 g/mol. The second kappa shape index (κ2) is 7.44. The Morgan fingerprint density at radius 3 is 2.58 bits per heavy atom. The molecule has 33 heavy (non-hydrogen) atoms. The largest absolute Gasteiger partial charge is 0.454 e. The third-order valence-electron chi connectivity index (χ3n) is 6.97. The first-order valence-corrected chi connectivity index (χ1v) is 11.0. The molecule has 9 heteroatoms. The van der Waals surface area contributed by atoms with E-state index < -0.39 is 35.2 Å². The highest BCUT2D eigenvalue weighted by Gasteiger charge is 2.66. The molecule has 172 valence electrons. The second-order valence-corrected chi connectivity index (χ2v) is 8.76. The van der Waals surface area contributed by atoms with Crippen molar-refractivity contribution in [2.45, 2.75) is 36.7 Å². The second-order valence-electron chi connectivity index (χ2n) is 8.76. The minimum Gasteiger partial charge on any atom is -0.454 e. The summed E-state index contributed by atoms with van der Waals surface area (Å²) >= 11 is 0. The van der Waals surface area contributed by atoms with Crippen molar-refractivity contribution >= 4 is 11.9 Å². The molecule has 1 saturated carbocycles. The summed E-state index contributed by atoms with van der Waals surface area (Å²) in [5, 5.41) is 12.6. The molecular formula is C24H23NO8. The fourth-order valence-corrected chi connectivity index (χ4v) is 5.36. The van der Waals surface area contributed by atoms with Crippen LogP contribution in [0.5, 0.6) is 11.5 Å². The van der Waals surface area contributed by atoms with E-state index in [1.54, 1.807) is 48.5 Å². The van der Waals surface area contributed by atoms with Crippen LogP contribution in [-0.4, -0.2) is 53.6 Å². The molecule has 0 radical (unpaired) electrons. The Labute approximate surface area is 189 Å². The average Bonchev–Trinajstić information content (AvgIpc) is 3.54. The van der Waals surface area contributed by atoms with E-state index in [9.17, 15) is 14.7 Å². The number of hydrogen-bond acceptors (Lipinski definition) is 8. The van der Waals surface area contributed by atoms with E-state index in [4.69, 9.17) is 23.8 Å². The van der Waals surface area contributed by atoms with Crippen LogP contribution in [0.4, 0.5) is 0 Å². The van der Waals surface area contributed by atoms with Gasteiger partial charge in [-0.2, -0.15) is 0 Å². The van der Waals surface area contributed by atoms with Gasteiger partial charge in [-0.1, -0.05) is 24.3 Å². The Balaban J connectivity index is 1.38. The Morgan fingerprint density at radius 2 is 1.79 bits per heavy atom. The Hall–Kier alpha value is -3.14. The van der Waals surface area contributed by atoms with Gasteiger partial charge >= 0.3 is 5.97 Å². The van der Waals surface area contributed by atoms with Gasteiger partial charge in [0.1, 0.15) is 0 Å². The minimum absolute atomic E-state index is 0.108. The third-order valence-corrected chi connectivity index (χ3v) is 6.97. The standard InChI is InChI=1S/C24H23NO8/c26-21-20(16-6-7-18-19(12-16)30-14-29-18)17-13-23(31-10-11-32-23)8-9-24(17,28)25(21)33-22(27)15-4-2-1-3-5-15/h1-7,12,17,20,28H,8-11,13-14H2/t17-,20-,24+/m1/s1. The smallest absolute Gasteiger partial charge is 0.363 e. The van der Waals surface area contributed by atoms with Crippen LogP contribution in [0, 0.1) is 5.92 Å². The molecule has 6 rings (SSSR count). The van der Waals surface area contributed by atoms with Crippen LogP contribution < -0.4 is 9.47 Å². The summed E-state index contributed by atoms with van der Waals surface area (Å²) in [5.74, 6) is -2.35. The SMILES string of the molecule is O=C(ON1C(=O)[C@H](c2ccc3c(c2)OCO3)[C@H]2CC3(CC[C@]21O)OCCO3)c1ccccc1. The maximum atomic E-state index is 13.7. The normalized spacial score (nSPS) is 29.4. The lowest BCUT2D eigenvalue weighted by Gasteiger charge is -2.45. The highest BCUT2D eigenvalue weighted by atomic mass is 16.7. The van der Waals surface area contributed by atoms with E-state index >= 15 is 0 Å². The van der Waals surface area contributed by atoms with E-state index in [-0.39, 0.29) is 25.2 Å². The van der Waals surface area contributed by atoms with Crippen LogP contribution in [0.3, 0.4) is 0 Å². The number of ether oxygens (including phenoxy) is 4. The zero-order valence-corrected chi connectivity index (χ0v) is 17.8. The summed E-state index contributed by atoms with van der Waals surface area (Å²) < 4.78 is 22.7. The number of rotatable bonds is 3. The molecule has 0 bridgehead atoms. The molecule has 2 aromatic carbocycles. The Kier molecular flexibility index (Phi) is 4.62. The summed E-state index contributed by atoms with van der Waals surface area (Å²) in [4.78, 5) is 32.0. The zero-order valence-electron chi connectivity index (χ0n) is 17.8.